The lowest BCUT2D eigenvalue weighted by Crippen LogP contribution is -2.25. The number of amides is 1. The van der Waals surface area contributed by atoms with Crippen molar-refractivity contribution < 1.29 is 4.79 Å². The van der Waals surface area contributed by atoms with Gasteiger partial charge in [0.25, 0.3) is 5.56 Å². The number of aromatic nitrogens is 5. The third kappa shape index (κ3) is 4.40. The molecule has 1 N–H and O–H groups in total. The van der Waals surface area contributed by atoms with Gasteiger partial charge in [0.2, 0.25) is 11.7 Å². The Bertz CT molecular complexity index is 1530. The zero-order valence-electron chi connectivity index (χ0n) is 18.2. The molecule has 8 nitrogen and oxygen atoms in total. The second kappa shape index (κ2) is 9.44. The maximum atomic E-state index is 13.3. The first-order chi connectivity index (χ1) is 16.6. The van der Waals surface area contributed by atoms with Crippen LogP contribution in [0.5, 0.6) is 0 Å². The number of hydrogen-bond donors (Lipinski definition) is 1. The average Bonchev–Trinajstić information content (AvgIpc) is 3.30. The lowest BCUT2D eigenvalue weighted by atomic mass is 10.2. The highest BCUT2D eigenvalue weighted by Gasteiger charge is 2.17. The predicted molar refractivity (Wildman–Crippen MR) is 130 cm³/mol. The molecular weight excluding hydrogens is 452 g/mol. The van der Waals surface area contributed by atoms with E-state index in [1.165, 1.54) is 0 Å². The molecule has 170 valence electrons. The van der Waals surface area contributed by atoms with E-state index in [1.807, 2.05) is 46.9 Å². The molecule has 0 atom stereocenters. The van der Waals surface area contributed by atoms with Gasteiger partial charge in [0, 0.05) is 36.8 Å². The summed E-state index contributed by atoms with van der Waals surface area (Å²) in [6.45, 7) is 0.741. The van der Waals surface area contributed by atoms with Crippen LogP contribution in [0, 0.1) is 0 Å². The van der Waals surface area contributed by atoms with Crippen LogP contribution in [-0.4, -0.2) is 30.1 Å². The molecule has 0 aliphatic rings. The maximum Gasteiger partial charge on any atom is 0.263 e. The van der Waals surface area contributed by atoms with E-state index in [-0.39, 0.29) is 17.9 Å². The Kier molecular flexibility index (Phi) is 6.05. The van der Waals surface area contributed by atoms with Gasteiger partial charge in [0.15, 0.2) is 0 Å². The number of aryl methyl sites for hydroxylation is 1. The molecule has 0 aliphatic heterocycles. The van der Waals surface area contributed by atoms with Gasteiger partial charge in [-0.2, -0.15) is 0 Å². The molecule has 0 aliphatic carbocycles. The number of nitrogens with zero attached hydrogens (tertiary/aromatic N) is 5. The molecule has 0 bridgehead atoms. The third-order valence-electron chi connectivity index (χ3n) is 5.62. The third-order valence-corrected chi connectivity index (χ3v) is 5.87. The number of rotatable bonds is 7. The van der Waals surface area contributed by atoms with Crippen LogP contribution in [0.1, 0.15) is 23.4 Å². The quantitative estimate of drug-likeness (QED) is 0.392. The number of nitrogens with one attached hydrogen (secondary N) is 1. The molecule has 5 rings (SSSR count). The standard InChI is InChI=1S/C25H21ClN6O2/c26-19-9-7-17(8-10-19)16-31-24(34)20-5-1-2-6-21(20)32-22(29-30-25(31)32)11-12-23(33)28-15-18-4-3-13-27-14-18/h1-10,13-14H,11-12,15-16H2,(H,28,33). The van der Waals surface area contributed by atoms with Gasteiger partial charge in [-0.15, -0.1) is 10.2 Å². The normalized spacial score (nSPS) is 11.2. The minimum atomic E-state index is -0.147. The summed E-state index contributed by atoms with van der Waals surface area (Å²) in [4.78, 5) is 29.8. The van der Waals surface area contributed by atoms with Crippen molar-refractivity contribution in [1.82, 2.24) is 29.5 Å². The monoisotopic (exact) mass is 472 g/mol. The molecule has 0 radical (unpaired) electrons. The number of carbonyl (C=O) groups is 1. The highest BCUT2D eigenvalue weighted by Crippen LogP contribution is 2.17. The van der Waals surface area contributed by atoms with Crippen LogP contribution in [-0.2, 0) is 24.3 Å². The molecule has 1 amide bonds. The van der Waals surface area contributed by atoms with Gasteiger partial charge in [-0.25, -0.2) is 0 Å². The molecule has 3 heterocycles. The summed E-state index contributed by atoms with van der Waals surface area (Å²) in [7, 11) is 0. The molecule has 0 saturated heterocycles. The molecular formula is C25H21ClN6O2. The van der Waals surface area contributed by atoms with Crippen molar-refractivity contribution in [2.75, 3.05) is 0 Å². The highest BCUT2D eigenvalue weighted by atomic mass is 35.5. The van der Waals surface area contributed by atoms with Crippen LogP contribution >= 0.6 is 11.6 Å². The lowest BCUT2D eigenvalue weighted by molar-refractivity contribution is -0.121. The Morgan fingerprint density at radius 3 is 2.59 bits per heavy atom. The number of para-hydroxylation sites is 1. The van der Waals surface area contributed by atoms with Crippen molar-refractivity contribution in [3.05, 3.63) is 105 Å². The molecule has 2 aromatic carbocycles. The van der Waals surface area contributed by atoms with E-state index >= 15 is 0 Å². The summed E-state index contributed by atoms with van der Waals surface area (Å²) in [5.74, 6) is 0.955. The summed E-state index contributed by atoms with van der Waals surface area (Å²) in [5.41, 5.74) is 2.42. The van der Waals surface area contributed by atoms with Gasteiger partial charge in [0.05, 0.1) is 17.4 Å². The number of pyridine rings is 1. The van der Waals surface area contributed by atoms with E-state index in [0.29, 0.717) is 47.0 Å². The van der Waals surface area contributed by atoms with Gasteiger partial charge < -0.3 is 5.32 Å². The SMILES string of the molecule is O=C(CCc1nnc2n(Cc3ccc(Cl)cc3)c(=O)c3ccccc3n12)NCc1cccnc1. The van der Waals surface area contributed by atoms with Gasteiger partial charge in [-0.3, -0.25) is 23.5 Å². The van der Waals surface area contributed by atoms with Crippen molar-refractivity contribution in [3.8, 4) is 0 Å². The minimum Gasteiger partial charge on any atom is -0.352 e. The van der Waals surface area contributed by atoms with Crippen molar-refractivity contribution in [2.45, 2.75) is 25.9 Å². The van der Waals surface area contributed by atoms with E-state index < -0.39 is 0 Å². The molecule has 0 unspecified atom stereocenters. The summed E-state index contributed by atoms with van der Waals surface area (Å²) < 4.78 is 3.46. The number of carbonyl (C=O) groups excluding carboxylic acids is 1. The molecule has 34 heavy (non-hydrogen) atoms. The first-order valence-corrected chi connectivity index (χ1v) is 11.2. The fourth-order valence-electron chi connectivity index (χ4n) is 3.91. The van der Waals surface area contributed by atoms with Crippen molar-refractivity contribution in [1.29, 1.82) is 0 Å². The smallest absolute Gasteiger partial charge is 0.263 e. The minimum absolute atomic E-state index is 0.0978. The summed E-state index contributed by atoms with van der Waals surface area (Å²) in [5, 5.41) is 12.8. The van der Waals surface area contributed by atoms with E-state index in [9.17, 15) is 9.59 Å². The Morgan fingerprint density at radius 2 is 1.79 bits per heavy atom. The average molecular weight is 473 g/mol. The fraction of sp³-hybridized carbons (Fsp3) is 0.160. The molecule has 0 saturated carbocycles. The number of fused-ring (bicyclic) bond motifs is 3. The molecule has 3 aromatic heterocycles. The summed E-state index contributed by atoms with van der Waals surface area (Å²) >= 11 is 6.01. The Morgan fingerprint density at radius 1 is 0.971 bits per heavy atom. The van der Waals surface area contributed by atoms with Crippen LogP contribution < -0.4 is 10.9 Å². The molecule has 9 heteroatoms. The maximum absolute atomic E-state index is 13.3. The summed E-state index contributed by atoms with van der Waals surface area (Å²) in [6.07, 6.45) is 4.03. The van der Waals surface area contributed by atoms with Crippen LogP contribution in [0.15, 0.2) is 77.9 Å². The van der Waals surface area contributed by atoms with Crippen LogP contribution in [0.2, 0.25) is 5.02 Å². The Balaban J connectivity index is 1.45. The second-order valence-electron chi connectivity index (χ2n) is 7.92. The van der Waals surface area contributed by atoms with Crippen LogP contribution in [0.25, 0.3) is 16.7 Å². The van der Waals surface area contributed by atoms with E-state index in [1.54, 1.807) is 35.2 Å². The van der Waals surface area contributed by atoms with Crippen molar-refractivity contribution >= 4 is 34.2 Å². The summed E-state index contributed by atoms with van der Waals surface area (Å²) in [6, 6.07) is 18.4. The van der Waals surface area contributed by atoms with Crippen LogP contribution in [0.4, 0.5) is 0 Å². The van der Waals surface area contributed by atoms with E-state index in [2.05, 4.69) is 20.5 Å². The van der Waals surface area contributed by atoms with E-state index in [4.69, 9.17) is 11.6 Å². The van der Waals surface area contributed by atoms with E-state index in [0.717, 1.165) is 11.1 Å². The van der Waals surface area contributed by atoms with Crippen molar-refractivity contribution in [3.63, 3.8) is 0 Å². The molecule has 5 aromatic rings. The largest absolute Gasteiger partial charge is 0.352 e. The fourth-order valence-corrected chi connectivity index (χ4v) is 4.03. The van der Waals surface area contributed by atoms with Gasteiger partial charge in [-0.1, -0.05) is 41.9 Å². The predicted octanol–water partition coefficient (Wildman–Crippen LogP) is 3.39. The van der Waals surface area contributed by atoms with Crippen LogP contribution in [0.3, 0.4) is 0 Å². The number of benzene rings is 2. The highest BCUT2D eigenvalue weighted by molar-refractivity contribution is 6.30. The van der Waals surface area contributed by atoms with Crippen molar-refractivity contribution in [2.24, 2.45) is 0 Å². The van der Waals surface area contributed by atoms with Gasteiger partial charge >= 0.3 is 0 Å². The first kappa shape index (κ1) is 21.8. The molecule has 0 fully saturated rings. The lowest BCUT2D eigenvalue weighted by Gasteiger charge is -2.12. The molecule has 0 spiro atoms. The Hall–Kier alpha value is -4.04. The zero-order valence-corrected chi connectivity index (χ0v) is 18.9. The Labute approximate surface area is 199 Å². The topological polar surface area (TPSA) is 94.2 Å². The first-order valence-electron chi connectivity index (χ1n) is 10.9. The van der Waals surface area contributed by atoms with Gasteiger partial charge in [0.1, 0.15) is 5.82 Å². The second-order valence-corrected chi connectivity index (χ2v) is 8.36. The number of hydrogen-bond acceptors (Lipinski definition) is 5. The zero-order chi connectivity index (χ0) is 23.5. The van der Waals surface area contributed by atoms with Gasteiger partial charge in [-0.05, 0) is 41.5 Å². The number of halogens is 1.